The molecule has 1 spiro atoms. The number of benzene rings is 1. The third kappa shape index (κ3) is 3.20. The molecule has 1 aromatic carbocycles. The Bertz CT molecular complexity index is 726. The number of nitrogens with zero attached hydrogens (tertiary/aromatic N) is 1. The Morgan fingerprint density at radius 1 is 1.08 bits per heavy atom. The molecule has 2 saturated heterocycles. The summed E-state index contributed by atoms with van der Waals surface area (Å²) >= 11 is 3.81. The van der Waals surface area contributed by atoms with Crippen molar-refractivity contribution in [3.05, 3.63) is 35.4 Å². The summed E-state index contributed by atoms with van der Waals surface area (Å²) in [5.41, 5.74) is 3.27. The minimum absolute atomic E-state index is 0.342. The smallest absolute Gasteiger partial charge is 0.322 e. The van der Waals surface area contributed by atoms with Gasteiger partial charge >= 0.3 is 6.03 Å². The summed E-state index contributed by atoms with van der Waals surface area (Å²) in [5, 5.41) is 3.64. The highest BCUT2D eigenvalue weighted by atomic mass is 32.2. The summed E-state index contributed by atoms with van der Waals surface area (Å²) < 4.78 is 0.421. The number of rotatable bonds is 3. The number of carbonyl (C=O) groups is 3. The van der Waals surface area contributed by atoms with Crippen LogP contribution in [0.4, 0.5) is 4.79 Å². The molecule has 0 unspecified atom stereocenters. The van der Waals surface area contributed by atoms with Gasteiger partial charge in [0.05, 0.1) is 4.58 Å². The van der Waals surface area contributed by atoms with Crippen molar-refractivity contribution < 1.29 is 14.4 Å². The predicted molar refractivity (Wildman–Crippen MR) is 103 cm³/mol. The van der Waals surface area contributed by atoms with Gasteiger partial charge in [0.25, 0.3) is 11.8 Å². The van der Waals surface area contributed by atoms with Gasteiger partial charge in [-0.3, -0.25) is 15.0 Å². The van der Waals surface area contributed by atoms with Crippen LogP contribution in [-0.2, 0) is 4.79 Å². The summed E-state index contributed by atoms with van der Waals surface area (Å²) in [6.45, 7) is 0. The van der Waals surface area contributed by atoms with E-state index in [9.17, 15) is 14.4 Å². The molecule has 1 aliphatic carbocycles. The highest BCUT2D eigenvalue weighted by Gasteiger charge is 2.52. The molecule has 0 radical (unpaired) electrons. The fourth-order valence-corrected chi connectivity index (χ4v) is 6.58. The van der Waals surface area contributed by atoms with E-state index in [4.69, 9.17) is 0 Å². The topological polar surface area (TPSA) is 78.5 Å². The Labute approximate surface area is 160 Å². The van der Waals surface area contributed by atoms with E-state index < -0.39 is 17.5 Å². The Kier molecular flexibility index (Phi) is 4.88. The Morgan fingerprint density at radius 2 is 1.73 bits per heavy atom. The normalized spacial score (nSPS) is 22.7. The van der Waals surface area contributed by atoms with Crippen LogP contribution in [0.15, 0.2) is 24.3 Å². The summed E-state index contributed by atoms with van der Waals surface area (Å²) in [7, 11) is 0. The fourth-order valence-electron chi connectivity index (χ4n) is 3.72. The number of urea groups is 1. The molecule has 2 heterocycles. The summed E-state index contributed by atoms with van der Waals surface area (Å²) in [6, 6.07) is 6.84. The molecule has 8 heteroatoms. The minimum Gasteiger partial charge on any atom is -0.322 e. The predicted octanol–water partition coefficient (Wildman–Crippen LogP) is 3.06. The molecule has 2 aliphatic heterocycles. The number of hydrogen-bond acceptors (Lipinski definition) is 5. The van der Waals surface area contributed by atoms with Crippen LogP contribution in [0.5, 0.6) is 0 Å². The van der Waals surface area contributed by atoms with Gasteiger partial charge in [-0.2, -0.15) is 5.01 Å². The van der Waals surface area contributed by atoms with Gasteiger partial charge in [0.2, 0.25) is 0 Å². The van der Waals surface area contributed by atoms with Crippen molar-refractivity contribution in [3.8, 4) is 0 Å². The largest absolute Gasteiger partial charge is 0.344 e. The van der Waals surface area contributed by atoms with E-state index >= 15 is 0 Å². The highest BCUT2D eigenvalue weighted by Crippen LogP contribution is 2.45. The number of carbonyl (C=O) groups excluding carboxylic acids is 3. The van der Waals surface area contributed by atoms with E-state index in [1.54, 1.807) is 12.1 Å². The third-order valence-corrected chi connectivity index (χ3v) is 8.25. The molecular weight excluding hydrogens is 370 g/mol. The van der Waals surface area contributed by atoms with E-state index in [0.29, 0.717) is 23.0 Å². The number of thioether (sulfide) groups is 2. The molecule has 3 aliphatic rings. The molecule has 1 aromatic rings. The molecule has 0 bridgehead atoms. The van der Waals surface area contributed by atoms with Gasteiger partial charge in [0, 0.05) is 17.1 Å². The van der Waals surface area contributed by atoms with Crippen LogP contribution in [0.3, 0.4) is 0 Å². The van der Waals surface area contributed by atoms with Crippen LogP contribution in [0.2, 0.25) is 0 Å². The van der Waals surface area contributed by atoms with E-state index in [-0.39, 0.29) is 5.91 Å². The van der Waals surface area contributed by atoms with Crippen LogP contribution in [0.25, 0.3) is 0 Å². The molecular formula is C18H21N3O3S2. The summed E-state index contributed by atoms with van der Waals surface area (Å²) in [4.78, 5) is 37.4. The van der Waals surface area contributed by atoms with Crippen LogP contribution in [-0.4, -0.2) is 39.9 Å². The van der Waals surface area contributed by atoms with E-state index in [1.165, 1.54) is 5.56 Å². The zero-order valence-corrected chi connectivity index (χ0v) is 16.0. The van der Waals surface area contributed by atoms with Gasteiger partial charge in [-0.25, -0.2) is 4.79 Å². The zero-order chi connectivity index (χ0) is 18.1. The Morgan fingerprint density at radius 3 is 2.38 bits per heavy atom. The minimum atomic E-state index is -0.830. The lowest BCUT2D eigenvalue weighted by Crippen LogP contribution is -2.50. The first-order valence-corrected chi connectivity index (χ1v) is 11.0. The SMILES string of the molecule is O=C(NN1C(=O)NC2(CCCCC2)C1=O)c1ccc(C2SCCS2)cc1. The molecule has 1 saturated carbocycles. The van der Waals surface area contributed by atoms with E-state index in [0.717, 1.165) is 35.8 Å². The second-order valence-electron chi connectivity index (χ2n) is 6.85. The lowest BCUT2D eigenvalue weighted by atomic mass is 9.82. The summed E-state index contributed by atoms with van der Waals surface area (Å²) in [6.07, 6.45) is 4.16. The highest BCUT2D eigenvalue weighted by molar-refractivity contribution is 8.19. The molecule has 2 N–H and O–H groups in total. The number of hydrazine groups is 1. The molecule has 0 aromatic heterocycles. The van der Waals surface area contributed by atoms with Crippen molar-refractivity contribution in [2.24, 2.45) is 0 Å². The Hall–Kier alpha value is -1.67. The van der Waals surface area contributed by atoms with E-state index in [1.807, 2.05) is 35.7 Å². The zero-order valence-electron chi connectivity index (χ0n) is 14.3. The molecule has 138 valence electrons. The van der Waals surface area contributed by atoms with Crippen molar-refractivity contribution in [1.82, 2.24) is 15.8 Å². The van der Waals surface area contributed by atoms with E-state index in [2.05, 4.69) is 10.7 Å². The average molecular weight is 392 g/mol. The van der Waals surface area contributed by atoms with Crippen molar-refractivity contribution in [2.45, 2.75) is 42.2 Å². The quantitative estimate of drug-likeness (QED) is 0.775. The maximum absolute atomic E-state index is 12.7. The van der Waals surface area contributed by atoms with Crippen LogP contribution in [0.1, 0.15) is 52.6 Å². The van der Waals surface area contributed by atoms with Crippen LogP contribution < -0.4 is 10.7 Å². The van der Waals surface area contributed by atoms with Crippen molar-refractivity contribution >= 4 is 41.4 Å². The molecule has 0 atom stereocenters. The summed E-state index contributed by atoms with van der Waals surface area (Å²) in [5.74, 6) is 1.50. The maximum Gasteiger partial charge on any atom is 0.344 e. The van der Waals surface area contributed by atoms with Gasteiger partial charge in [-0.05, 0) is 30.5 Å². The van der Waals surface area contributed by atoms with Gasteiger partial charge in [-0.1, -0.05) is 31.4 Å². The molecule has 3 fully saturated rings. The monoisotopic (exact) mass is 391 g/mol. The molecule has 4 amide bonds. The molecule has 26 heavy (non-hydrogen) atoms. The van der Waals surface area contributed by atoms with Crippen LogP contribution in [0, 0.1) is 0 Å². The first-order valence-electron chi connectivity index (χ1n) is 8.90. The third-order valence-electron chi connectivity index (χ3n) is 5.15. The number of imide groups is 1. The van der Waals surface area contributed by atoms with Gasteiger partial charge < -0.3 is 5.32 Å². The Balaban J connectivity index is 1.44. The fraction of sp³-hybridized carbons (Fsp3) is 0.500. The first-order chi connectivity index (χ1) is 12.6. The van der Waals surface area contributed by atoms with Gasteiger partial charge in [0.1, 0.15) is 5.54 Å². The first kappa shape index (κ1) is 17.7. The maximum atomic E-state index is 12.7. The van der Waals surface area contributed by atoms with Crippen molar-refractivity contribution in [2.75, 3.05) is 11.5 Å². The van der Waals surface area contributed by atoms with Gasteiger partial charge in [-0.15, -0.1) is 23.5 Å². The average Bonchev–Trinajstić information content (AvgIpc) is 3.27. The number of hydrogen-bond donors (Lipinski definition) is 2. The van der Waals surface area contributed by atoms with Gasteiger partial charge in [0.15, 0.2) is 0 Å². The lowest BCUT2D eigenvalue weighted by molar-refractivity contribution is -0.134. The van der Waals surface area contributed by atoms with Crippen LogP contribution >= 0.6 is 23.5 Å². The number of nitrogens with one attached hydrogen (secondary N) is 2. The lowest BCUT2D eigenvalue weighted by Gasteiger charge is -2.30. The standard InChI is InChI=1S/C18H21N3O3S2/c22-14(12-4-6-13(7-5-12)15-25-10-11-26-15)20-21-16(23)18(19-17(21)24)8-2-1-3-9-18/h4-7,15H,1-3,8-11H2,(H,19,24)(H,20,22). The molecule has 6 nitrogen and oxygen atoms in total. The van der Waals surface area contributed by atoms with Crippen molar-refractivity contribution in [1.29, 1.82) is 0 Å². The molecule has 4 rings (SSSR count). The number of amides is 4. The second kappa shape index (κ2) is 7.15. The second-order valence-corrected chi connectivity index (χ2v) is 9.57. The van der Waals surface area contributed by atoms with Crippen molar-refractivity contribution in [3.63, 3.8) is 0 Å².